The number of benzene rings is 4. The van der Waals surface area contributed by atoms with E-state index in [2.05, 4.69) is 24.3 Å². The zero-order valence-corrected chi connectivity index (χ0v) is 16.8. The molecule has 0 N–H and O–H groups in total. The van der Waals surface area contributed by atoms with Gasteiger partial charge in [0.2, 0.25) is 0 Å². The summed E-state index contributed by atoms with van der Waals surface area (Å²) in [5.74, 6) is 5.36. The van der Waals surface area contributed by atoms with Crippen LogP contribution in [0.1, 0.15) is 11.1 Å². The van der Waals surface area contributed by atoms with Crippen molar-refractivity contribution in [3.8, 4) is 23.0 Å². The van der Waals surface area contributed by atoms with Crippen molar-refractivity contribution in [3.05, 3.63) is 120 Å². The Bertz CT molecular complexity index is 913. The smallest absolute Gasteiger partial charge is 0.127 e. The molecule has 4 aromatic carbocycles. The molecule has 0 saturated heterocycles. The molecule has 0 aromatic heterocycles. The van der Waals surface area contributed by atoms with Crippen LogP contribution in [0.2, 0.25) is 0 Å². The zero-order valence-electron chi connectivity index (χ0n) is 16.0. The first-order valence-corrected chi connectivity index (χ1v) is 10.7. The van der Waals surface area contributed by atoms with E-state index < -0.39 is 0 Å². The molecule has 0 radical (unpaired) electrons. The number of rotatable bonds is 8. The fourth-order valence-electron chi connectivity index (χ4n) is 2.84. The quantitative estimate of drug-likeness (QED) is 0.303. The van der Waals surface area contributed by atoms with E-state index in [0.717, 1.165) is 34.5 Å². The third-order valence-corrected chi connectivity index (χ3v) is 5.42. The van der Waals surface area contributed by atoms with Gasteiger partial charge in [-0.1, -0.05) is 60.7 Å². The minimum Gasteiger partial charge on any atom is -0.457 e. The van der Waals surface area contributed by atoms with Crippen LogP contribution in [0.3, 0.4) is 0 Å². The molecule has 144 valence electrons. The van der Waals surface area contributed by atoms with Gasteiger partial charge >= 0.3 is 0 Å². The Labute approximate surface area is 176 Å². The van der Waals surface area contributed by atoms with E-state index in [-0.39, 0.29) is 0 Å². The largest absolute Gasteiger partial charge is 0.457 e. The van der Waals surface area contributed by atoms with Crippen LogP contribution in [0.4, 0.5) is 0 Å². The lowest BCUT2D eigenvalue weighted by atomic mass is 10.2. The van der Waals surface area contributed by atoms with Crippen LogP contribution in [-0.4, -0.2) is 0 Å². The number of thioether (sulfide) groups is 1. The molecular formula is C26H22O2S. The Hall–Kier alpha value is -3.17. The van der Waals surface area contributed by atoms with Crippen LogP contribution in [0.5, 0.6) is 23.0 Å². The van der Waals surface area contributed by atoms with Gasteiger partial charge in [0.15, 0.2) is 0 Å². The molecule has 0 bridgehead atoms. The van der Waals surface area contributed by atoms with E-state index in [4.69, 9.17) is 9.47 Å². The predicted molar refractivity (Wildman–Crippen MR) is 121 cm³/mol. The van der Waals surface area contributed by atoms with Crippen molar-refractivity contribution in [1.82, 2.24) is 0 Å². The molecule has 2 nitrogen and oxygen atoms in total. The minimum atomic E-state index is 0.856. The topological polar surface area (TPSA) is 18.5 Å². The van der Waals surface area contributed by atoms with Crippen LogP contribution >= 0.6 is 11.8 Å². The predicted octanol–water partition coefficient (Wildman–Crippen LogP) is 7.70. The van der Waals surface area contributed by atoms with Gasteiger partial charge in [0.25, 0.3) is 0 Å². The Kier molecular flexibility index (Phi) is 6.51. The summed E-state index contributed by atoms with van der Waals surface area (Å²) in [6.45, 7) is 0. The molecule has 3 heteroatoms. The van der Waals surface area contributed by atoms with Crippen molar-refractivity contribution >= 4 is 11.8 Å². The SMILES string of the molecule is c1ccc(Oc2ccc(CSCc3ccc(Oc4ccccc4)cc3)cc2)cc1. The molecule has 4 rings (SSSR count). The van der Waals surface area contributed by atoms with Gasteiger partial charge in [0.05, 0.1) is 0 Å². The van der Waals surface area contributed by atoms with E-state index in [1.54, 1.807) is 0 Å². The highest BCUT2D eigenvalue weighted by Gasteiger charge is 2.01. The molecule has 0 unspecified atom stereocenters. The zero-order chi connectivity index (χ0) is 19.7. The Morgan fingerprint density at radius 3 is 1.14 bits per heavy atom. The van der Waals surface area contributed by atoms with E-state index in [0.29, 0.717) is 0 Å². The maximum Gasteiger partial charge on any atom is 0.127 e. The normalized spacial score (nSPS) is 10.5. The molecule has 0 aliphatic heterocycles. The number of hydrogen-bond acceptors (Lipinski definition) is 3. The van der Waals surface area contributed by atoms with Gasteiger partial charge in [-0.2, -0.15) is 11.8 Å². The van der Waals surface area contributed by atoms with E-state index in [1.165, 1.54) is 11.1 Å². The number of para-hydroxylation sites is 2. The second kappa shape index (κ2) is 9.85. The van der Waals surface area contributed by atoms with Gasteiger partial charge in [-0.05, 0) is 59.7 Å². The van der Waals surface area contributed by atoms with Gasteiger partial charge in [-0.3, -0.25) is 0 Å². The van der Waals surface area contributed by atoms with Gasteiger partial charge in [0, 0.05) is 11.5 Å². The second-order valence-corrected chi connectivity index (χ2v) is 7.60. The second-order valence-electron chi connectivity index (χ2n) is 6.61. The van der Waals surface area contributed by atoms with Gasteiger partial charge < -0.3 is 9.47 Å². The van der Waals surface area contributed by atoms with Crippen molar-refractivity contribution in [2.24, 2.45) is 0 Å². The van der Waals surface area contributed by atoms with Crippen LogP contribution in [0.25, 0.3) is 0 Å². The summed E-state index contributed by atoms with van der Waals surface area (Å²) in [5.41, 5.74) is 2.58. The number of ether oxygens (including phenoxy) is 2. The fourth-order valence-corrected chi connectivity index (χ4v) is 3.80. The average molecular weight is 399 g/mol. The third kappa shape index (κ3) is 5.90. The molecule has 0 fully saturated rings. The van der Waals surface area contributed by atoms with Crippen molar-refractivity contribution in [2.75, 3.05) is 0 Å². The fraction of sp³-hybridized carbons (Fsp3) is 0.0769. The maximum absolute atomic E-state index is 5.84. The first kappa shape index (κ1) is 19.2. The lowest BCUT2D eigenvalue weighted by Crippen LogP contribution is -1.87. The summed E-state index contributed by atoms with van der Waals surface area (Å²) < 4.78 is 11.7. The standard InChI is InChI=1S/C26H22O2S/c1-3-7-23(8-4-1)27-25-15-11-21(12-16-25)19-29-20-22-13-17-26(18-14-22)28-24-9-5-2-6-10-24/h1-18H,19-20H2. The van der Waals surface area contributed by atoms with Gasteiger partial charge in [-0.25, -0.2) is 0 Å². The average Bonchev–Trinajstić information content (AvgIpc) is 2.78. The van der Waals surface area contributed by atoms with Gasteiger partial charge in [0.1, 0.15) is 23.0 Å². The van der Waals surface area contributed by atoms with Crippen molar-refractivity contribution in [1.29, 1.82) is 0 Å². The van der Waals surface area contributed by atoms with E-state index in [1.807, 2.05) is 96.7 Å². The molecule has 0 heterocycles. The van der Waals surface area contributed by atoms with Gasteiger partial charge in [-0.15, -0.1) is 0 Å². The highest BCUT2D eigenvalue weighted by molar-refractivity contribution is 7.97. The summed E-state index contributed by atoms with van der Waals surface area (Å²) in [6.07, 6.45) is 0. The molecule has 0 aliphatic rings. The van der Waals surface area contributed by atoms with Crippen LogP contribution in [0, 0.1) is 0 Å². The molecule has 0 saturated carbocycles. The van der Waals surface area contributed by atoms with Crippen molar-refractivity contribution in [2.45, 2.75) is 11.5 Å². The first-order valence-electron chi connectivity index (χ1n) is 9.57. The van der Waals surface area contributed by atoms with Crippen molar-refractivity contribution in [3.63, 3.8) is 0 Å². The van der Waals surface area contributed by atoms with Crippen molar-refractivity contribution < 1.29 is 9.47 Å². The Morgan fingerprint density at radius 1 is 0.414 bits per heavy atom. The van der Waals surface area contributed by atoms with Crippen LogP contribution < -0.4 is 9.47 Å². The molecule has 0 aliphatic carbocycles. The Balaban J connectivity index is 1.24. The third-order valence-electron chi connectivity index (χ3n) is 4.34. The van der Waals surface area contributed by atoms with E-state index in [9.17, 15) is 0 Å². The number of hydrogen-bond donors (Lipinski definition) is 0. The first-order chi connectivity index (χ1) is 14.3. The maximum atomic E-state index is 5.84. The summed E-state index contributed by atoms with van der Waals surface area (Å²) in [4.78, 5) is 0. The highest BCUT2D eigenvalue weighted by Crippen LogP contribution is 2.25. The van der Waals surface area contributed by atoms with Crippen LogP contribution in [0.15, 0.2) is 109 Å². The molecular weight excluding hydrogens is 376 g/mol. The molecule has 29 heavy (non-hydrogen) atoms. The lowest BCUT2D eigenvalue weighted by molar-refractivity contribution is 0.482. The Morgan fingerprint density at radius 2 is 0.759 bits per heavy atom. The highest BCUT2D eigenvalue weighted by atomic mass is 32.2. The summed E-state index contributed by atoms with van der Waals surface area (Å²) in [6, 6.07) is 36.3. The van der Waals surface area contributed by atoms with Crippen LogP contribution in [-0.2, 0) is 11.5 Å². The monoisotopic (exact) mass is 398 g/mol. The molecule has 0 atom stereocenters. The van der Waals surface area contributed by atoms with E-state index >= 15 is 0 Å². The summed E-state index contributed by atoms with van der Waals surface area (Å²) in [5, 5.41) is 0. The molecule has 0 spiro atoms. The minimum absolute atomic E-state index is 0.856. The summed E-state index contributed by atoms with van der Waals surface area (Å²) >= 11 is 1.90. The molecule has 0 amide bonds. The lowest BCUT2D eigenvalue weighted by Gasteiger charge is -2.08. The summed E-state index contributed by atoms with van der Waals surface area (Å²) in [7, 11) is 0. The molecule has 4 aromatic rings.